The molecular weight excluding hydrogens is 172 g/mol. The predicted molar refractivity (Wildman–Crippen MR) is 57.8 cm³/mol. The third-order valence-corrected chi connectivity index (χ3v) is 2.64. The summed E-state index contributed by atoms with van der Waals surface area (Å²) in [5.41, 5.74) is 1.26. The van der Waals surface area contributed by atoms with Crippen molar-refractivity contribution in [2.24, 2.45) is 5.92 Å². The van der Waals surface area contributed by atoms with Crippen LogP contribution in [0.15, 0.2) is 30.3 Å². The SMILES string of the molecule is C[CH]C(OCC1CC1)c1ccccc1. The van der Waals surface area contributed by atoms with E-state index in [1.165, 1.54) is 18.4 Å². The predicted octanol–water partition coefficient (Wildman–Crippen LogP) is 3.38. The molecule has 2 rings (SSSR count). The first kappa shape index (κ1) is 9.72. The van der Waals surface area contributed by atoms with Gasteiger partial charge in [-0.15, -0.1) is 0 Å². The lowest BCUT2D eigenvalue weighted by Gasteiger charge is -2.15. The quantitative estimate of drug-likeness (QED) is 0.690. The summed E-state index contributed by atoms with van der Waals surface area (Å²) in [5.74, 6) is 0.834. The maximum absolute atomic E-state index is 5.85. The van der Waals surface area contributed by atoms with Gasteiger partial charge in [0.1, 0.15) is 0 Å². The second kappa shape index (κ2) is 4.61. The van der Waals surface area contributed by atoms with Crippen LogP contribution in [0.5, 0.6) is 0 Å². The molecule has 1 unspecified atom stereocenters. The molecule has 1 aromatic carbocycles. The van der Waals surface area contributed by atoms with Gasteiger partial charge in [-0.2, -0.15) is 0 Å². The van der Waals surface area contributed by atoms with Crippen molar-refractivity contribution in [3.63, 3.8) is 0 Å². The van der Waals surface area contributed by atoms with Crippen LogP contribution in [0.25, 0.3) is 0 Å². The highest BCUT2D eigenvalue weighted by atomic mass is 16.5. The molecule has 0 spiro atoms. The molecule has 75 valence electrons. The molecule has 0 bridgehead atoms. The molecule has 1 saturated carbocycles. The van der Waals surface area contributed by atoms with E-state index in [-0.39, 0.29) is 6.10 Å². The summed E-state index contributed by atoms with van der Waals surface area (Å²) in [6.45, 7) is 2.98. The van der Waals surface area contributed by atoms with Crippen molar-refractivity contribution < 1.29 is 4.74 Å². The topological polar surface area (TPSA) is 9.23 Å². The Hall–Kier alpha value is -0.820. The lowest BCUT2D eigenvalue weighted by molar-refractivity contribution is 0.0667. The Morgan fingerprint density at radius 2 is 2.07 bits per heavy atom. The van der Waals surface area contributed by atoms with E-state index in [4.69, 9.17) is 4.74 Å². The molecule has 0 amide bonds. The van der Waals surface area contributed by atoms with Crippen LogP contribution in [-0.4, -0.2) is 6.61 Å². The minimum Gasteiger partial charge on any atom is -0.373 e. The minimum absolute atomic E-state index is 0.178. The fraction of sp³-hybridized carbons (Fsp3) is 0.462. The van der Waals surface area contributed by atoms with E-state index in [1.807, 2.05) is 6.07 Å². The zero-order valence-electron chi connectivity index (χ0n) is 8.65. The smallest absolute Gasteiger partial charge is 0.0854 e. The molecule has 1 aliphatic rings. The van der Waals surface area contributed by atoms with Gasteiger partial charge in [-0.3, -0.25) is 0 Å². The lowest BCUT2D eigenvalue weighted by atomic mass is 10.1. The maximum Gasteiger partial charge on any atom is 0.0854 e. The Morgan fingerprint density at radius 3 is 2.64 bits per heavy atom. The van der Waals surface area contributed by atoms with Gasteiger partial charge in [-0.05, 0) is 30.7 Å². The van der Waals surface area contributed by atoms with Gasteiger partial charge in [-0.1, -0.05) is 37.3 Å². The first-order valence-corrected chi connectivity index (χ1v) is 5.36. The summed E-state index contributed by atoms with van der Waals surface area (Å²) in [6.07, 6.45) is 5.01. The number of hydrogen-bond acceptors (Lipinski definition) is 1. The van der Waals surface area contributed by atoms with E-state index < -0.39 is 0 Å². The normalized spacial score (nSPS) is 18.1. The molecule has 1 heteroatoms. The number of rotatable bonds is 5. The van der Waals surface area contributed by atoms with Crippen LogP contribution >= 0.6 is 0 Å². The van der Waals surface area contributed by atoms with Gasteiger partial charge >= 0.3 is 0 Å². The molecule has 0 aliphatic heterocycles. The molecule has 1 radical (unpaired) electrons. The van der Waals surface area contributed by atoms with E-state index in [1.54, 1.807) is 0 Å². The summed E-state index contributed by atoms with van der Waals surface area (Å²) in [4.78, 5) is 0. The Kier molecular flexibility index (Phi) is 3.20. The fourth-order valence-electron chi connectivity index (χ4n) is 1.55. The van der Waals surface area contributed by atoms with Crippen LogP contribution in [0, 0.1) is 12.3 Å². The first-order chi connectivity index (χ1) is 6.90. The van der Waals surface area contributed by atoms with Crippen molar-refractivity contribution >= 4 is 0 Å². The van der Waals surface area contributed by atoms with Crippen LogP contribution in [0.4, 0.5) is 0 Å². The molecule has 1 aliphatic carbocycles. The maximum atomic E-state index is 5.85. The van der Waals surface area contributed by atoms with E-state index in [0.717, 1.165) is 12.5 Å². The molecule has 0 aromatic heterocycles. The van der Waals surface area contributed by atoms with Gasteiger partial charge in [0.25, 0.3) is 0 Å². The highest BCUT2D eigenvalue weighted by Crippen LogP contribution is 2.31. The van der Waals surface area contributed by atoms with Crippen molar-refractivity contribution in [2.75, 3.05) is 6.61 Å². The summed E-state index contributed by atoms with van der Waals surface area (Å²) < 4.78 is 5.85. The average molecular weight is 189 g/mol. The Bertz CT molecular complexity index is 264. The van der Waals surface area contributed by atoms with Gasteiger partial charge in [0, 0.05) is 0 Å². The molecule has 14 heavy (non-hydrogen) atoms. The average Bonchev–Trinajstić information content (AvgIpc) is 3.04. The van der Waals surface area contributed by atoms with Gasteiger partial charge in [0.15, 0.2) is 0 Å². The number of ether oxygens (including phenoxy) is 1. The number of benzene rings is 1. The standard InChI is InChI=1S/C13H17O/c1-2-13(14-10-11-8-9-11)12-6-4-3-5-7-12/h2-7,11,13H,8-10H2,1H3. The highest BCUT2D eigenvalue weighted by Gasteiger charge is 2.23. The van der Waals surface area contributed by atoms with Gasteiger partial charge in [0.05, 0.1) is 12.7 Å². The summed E-state index contributed by atoms with van der Waals surface area (Å²) in [5, 5.41) is 0. The van der Waals surface area contributed by atoms with Crippen LogP contribution in [-0.2, 0) is 4.74 Å². The summed E-state index contributed by atoms with van der Waals surface area (Å²) in [6, 6.07) is 10.4. The second-order valence-electron chi connectivity index (χ2n) is 3.94. The van der Waals surface area contributed by atoms with Gasteiger partial charge in [0.2, 0.25) is 0 Å². The molecular formula is C13H17O. The van der Waals surface area contributed by atoms with Crippen molar-refractivity contribution in [2.45, 2.75) is 25.9 Å². The second-order valence-corrected chi connectivity index (χ2v) is 3.94. The largest absolute Gasteiger partial charge is 0.373 e. The van der Waals surface area contributed by atoms with Gasteiger partial charge in [-0.25, -0.2) is 0 Å². The fourth-order valence-corrected chi connectivity index (χ4v) is 1.55. The molecule has 1 nitrogen and oxygen atoms in total. The lowest BCUT2D eigenvalue weighted by Crippen LogP contribution is -2.05. The molecule has 1 fully saturated rings. The molecule has 1 atom stereocenters. The van der Waals surface area contributed by atoms with Crippen molar-refractivity contribution in [3.8, 4) is 0 Å². The van der Waals surface area contributed by atoms with E-state index in [9.17, 15) is 0 Å². The monoisotopic (exact) mass is 189 g/mol. The van der Waals surface area contributed by atoms with E-state index in [2.05, 4.69) is 37.6 Å². The summed E-state index contributed by atoms with van der Waals surface area (Å²) >= 11 is 0. The minimum atomic E-state index is 0.178. The van der Waals surface area contributed by atoms with Crippen LogP contribution in [0.1, 0.15) is 31.4 Å². The Labute approximate surface area is 86.1 Å². The van der Waals surface area contributed by atoms with Crippen molar-refractivity contribution in [3.05, 3.63) is 42.3 Å². The summed E-state index contributed by atoms with van der Waals surface area (Å²) in [7, 11) is 0. The Balaban J connectivity index is 1.90. The van der Waals surface area contributed by atoms with Crippen molar-refractivity contribution in [1.29, 1.82) is 0 Å². The molecule has 1 aromatic rings. The number of hydrogen-bond donors (Lipinski definition) is 0. The first-order valence-electron chi connectivity index (χ1n) is 5.36. The third-order valence-electron chi connectivity index (χ3n) is 2.64. The Morgan fingerprint density at radius 1 is 1.36 bits per heavy atom. The van der Waals surface area contributed by atoms with Crippen LogP contribution < -0.4 is 0 Å². The van der Waals surface area contributed by atoms with E-state index >= 15 is 0 Å². The van der Waals surface area contributed by atoms with Crippen LogP contribution in [0.2, 0.25) is 0 Å². The van der Waals surface area contributed by atoms with E-state index in [0.29, 0.717) is 0 Å². The zero-order chi connectivity index (χ0) is 9.80. The highest BCUT2D eigenvalue weighted by molar-refractivity contribution is 5.19. The van der Waals surface area contributed by atoms with Crippen LogP contribution in [0.3, 0.4) is 0 Å². The molecule has 0 saturated heterocycles. The van der Waals surface area contributed by atoms with Gasteiger partial charge < -0.3 is 4.74 Å². The van der Waals surface area contributed by atoms with Crippen molar-refractivity contribution in [1.82, 2.24) is 0 Å². The molecule has 0 N–H and O–H groups in total. The zero-order valence-corrected chi connectivity index (χ0v) is 8.65. The molecule has 0 heterocycles. The third kappa shape index (κ3) is 2.58.